The molecule has 3 aromatic rings. The van der Waals surface area contributed by atoms with Crippen molar-refractivity contribution in [1.29, 1.82) is 0 Å². The molecule has 0 bridgehead atoms. The Balaban J connectivity index is 1.94. The number of ether oxygens (including phenoxy) is 2. The van der Waals surface area contributed by atoms with Gasteiger partial charge in [-0.1, -0.05) is 17.7 Å². The first kappa shape index (κ1) is 15.8. The highest BCUT2D eigenvalue weighted by molar-refractivity contribution is 6.30. The summed E-state index contributed by atoms with van der Waals surface area (Å²) in [5.41, 5.74) is 3.87. The zero-order valence-corrected chi connectivity index (χ0v) is 14.8. The van der Waals surface area contributed by atoms with Gasteiger partial charge in [0.05, 0.1) is 25.5 Å². The molecule has 0 spiro atoms. The van der Waals surface area contributed by atoms with Crippen molar-refractivity contribution in [3.8, 4) is 28.4 Å². The van der Waals surface area contributed by atoms with Gasteiger partial charge in [-0.05, 0) is 42.8 Å². The molecule has 2 aromatic carbocycles. The van der Waals surface area contributed by atoms with Crippen LogP contribution in [0.2, 0.25) is 5.02 Å². The largest absolute Gasteiger partial charge is 0.496 e. The smallest absolute Gasteiger partial charge is 0.133 e. The van der Waals surface area contributed by atoms with E-state index in [4.69, 9.17) is 26.2 Å². The van der Waals surface area contributed by atoms with Gasteiger partial charge < -0.3 is 14.8 Å². The van der Waals surface area contributed by atoms with E-state index in [-0.39, 0.29) is 0 Å². The second-order valence-corrected chi connectivity index (χ2v) is 6.21. The summed E-state index contributed by atoms with van der Waals surface area (Å²) in [6.07, 6.45) is 0.902. The highest BCUT2D eigenvalue weighted by Crippen LogP contribution is 2.43. The number of methoxy groups -OCH3 is 2. The second kappa shape index (κ2) is 6.33. The molecule has 0 saturated heterocycles. The van der Waals surface area contributed by atoms with Crippen molar-refractivity contribution < 1.29 is 9.47 Å². The number of anilines is 1. The molecule has 0 aliphatic carbocycles. The Morgan fingerprint density at radius 3 is 2.36 bits per heavy atom. The maximum Gasteiger partial charge on any atom is 0.133 e. The fourth-order valence-electron chi connectivity index (χ4n) is 3.23. The lowest BCUT2D eigenvalue weighted by atomic mass is 10.0. The van der Waals surface area contributed by atoms with Crippen molar-refractivity contribution in [2.45, 2.75) is 6.42 Å². The van der Waals surface area contributed by atoms with E-state index in [1.54, 1.807) is 14.2 Å². The molecular weight excluding hydrogens is 338 g/mol. The molecule has 0 radical (unpaired) electrons. The maximum atomic E-state index is 6.02. The van der Waals surface area contributed by atoms with E-state index < -0.39 is 0 Å². The normalized spacial score (nSPS) is 12.6. The van der Waals surface area contributed by atoms with Crippen LogP contribution in [0.3, 0.4) is 0 Å². The van der Waals surface area contributed by atoms with E-state index in [0.717, 1.165) is 52.8 Å². The van der Waals surface area contributed by atoms with Crippen molar-refractivity contribution in [3.05, 3.63) is 53.1 Å². The average molecular weight is 356 g/mol. The molecular formula is C19H18ClN3O2. The molecule has 0 unspecified atom stereocenters. The molecule has 1 N–H and O–H groups in total. The molecule has 5 nitrogen and oxygen atoms in total. The van der Waals surface area contributed by atoms with Gasteiger partial charge in [-0.15, -0.1) is 0 Å². The standard InChI is InChI=1S/C19H18ClN3O2/c1-24-15-4-3-5-16(25-2)17(15)18-14-10-11-21-19(14)23(22-18)13-8-6-12(20)7-9-13/h3-9,21H,10-11H2,1-2H3. The van der Waals surface area contributed by atoms with E-state index in [9.17, 15) is 0 Å². The van der Waals surface area contributed by atoms with Gasteiger partial charge >= 0.3 is 0 Å². The van der Waals surface area contributed by atoms with Crippen LogP contribution < -0.4 is 14.8 Å². The first-order chi connectivity index (χ1) is 12.2. The lowest BCUT2D eigenvalue weighted by molar-refractivity contribution is 0.397. The molecule has 0 saturated carbocycles. The minimum Gasteiger partial charge on any atom is -0.496 e. The van der Waals surface area contributed by atoms with Gasteiger partial charge in [0.15, 0.2) is 0 Å². The summed E-state index contributed by atoms with van der Waals surface area (Å²) in [6, 6.07) is 13.4. The first-order valence-electron chi connectivity index (χ1n) is 8.06. The number of aromatic nitrogens is 2. The number of rotatable bonds is 4. The zero-order valence-electron chi connectivity index (χ0n) is 14.0. The summed E-state index contributed by atoms with van der Waals surface area (Å²) in [4.78, 5) is 0. The van der Waals surface area contributed by atoms with Crippen LogP contribution in [-0.2, 0) is 6.42 Å². The van der Waals surface area contributed by atoms with Crippen LogP contribution in [0.5, 0.6) is 11.5 Å². The van der Waals surface area contributed by atoms with E-state index in [2.05, 4.69) is 5.32 Å². The lowest BCUT2D eigenvalue weighted by Gasteiger charge is -2.12. The van der Waals surface area contributed by atoms with E-state index >= 15 is 0 Å². The van der Waals surface area contributed by atoms with E-state index in [1.165, 1.54) is 0 Å². The van der Waals surface area contributed by atoms with Gasteiger partial charge in [0.25, 0.3) is 0 Å². The Hall–Kier alpha value is -2.66. The number of nitrogens with one attached hydrogen (secondary N) is 1. The Bertz CT molecular complexity index is 897. The van der Waals surface area contributed by atoms with Crippen molar-refractivity contribution in [2.75, 3.05) is 26.1 Å². The van der Waals surface area contributed by atoms with Crippen LogP contribution in [0.1, 0.15) is 5.56 Å². The number of nitrogens with zero attached hydrogens (tertiary/aromatic N) is 2. The molecule has 25 heavy (non-hydrogen) atoms. The number of hydrogen-bond donors (Lipinski definition) is 1. The number of halogens is 1. The molecule has 1 aliphatic heterocycles. The Labute approximate surface area is 151 Å². The van der Waals surface area contributed by atoms with Crippen LogP contribution in [0.4, 0.5) is 5.82 Å². The molecule has 0 fully saturated rings. The van der Waals surface area contributed by atoms with E-state index in [1.807, 2.05) is 47.1 Å². The van der Waals surface area contributed by atoms with E-state index in [0.29, 0.717) is 5.02 Å². The molecule has 6 heteroatoms. The fourth-order valence-corrected chi connectivity index (χ4v) is 3.36. The second-order valence-electron chi connectivity index (χ2n) is 5.78. The predicted octanol–water partition coefficient (Wildman–Crippen LogP) is 4.18. The summed E-state index contributed by atoms with van der Waals surface area (Å²) in [7, 11) is 3.32. The Kier molecular flexibility index (Phi) is 4.01. The van der Waals surface area contributed by atoms with Crippen molar-refractivity contribution in [3.63, 3.8) is 0 Å². The van der Waals surface area contributed by atoms with Crippen molar-refractivity contribution in [2.24, 2.45) is 0 Å². The quantitative estimate of drug-likeness (QED) is 0.762. The van der Waals surface area contributed by atoms with Crippen molar-refractivity contribution >= 4 is 17.4 Å². The van der Waals surface area contributed by atoms with Gasteiger partial charge in [0.1, 0.15) is 23.0 Å². The van der Waals surface area contributed by atoms with Crippen LogP contribution in [0.25, 0.3) is 16.9 Å². The van der Waals surface area contributed by atoms with Crippen LogP contribution in [0.15, 0.2) is 42.5 Å². The minimum atomic E-state index is 0.701. The van der Waals surface area contributed by atoms with Gasteiger partial charge in [-0.25, -0.2) is 4.68 Å². The van der Waals surface area contributed by atoms with Gasteiger partial charge in [-0.3, -0.25) is 0 Å². The molecule has 128 valence electrons. The summed E-state index contributed by atoms with van der Waals surface area (Å²) in [5, 5.41) is 9.00. The Morgan fingerprint density at radius 2 is 1.72 bits per heavy atom. The molecule has 4 rings (SSSR count). The zero-order chi connectivity index (χ0) is 17.4. The van der Waals surface area contributed by atoms with Crippen molar-refractivity contribution in [1.82, 2.24) is 9.78 Å². The third-order valence-electron chi connectivity index (χ3n) is 4.39. The van der Waals surface area contributed by atoms with Gasteiger partial charge in [0, 0.05) is 17.1 Å². The maximum absolute atomic E-state index is 6.02. The molecule has 1 aromatic heterocycles. The summed E-state index contributed by atoms with van der Waals surface area (Å²) < 4.78 is 13.0. The highest BCUT2D eigenvalue weighted by atomic mass is 35.5. The monoisotopic (exact) mass is 355 g/mol. The minimum absolute atomic E-state index is 0.701. The molecule has 0 amide bonds. The number of benzene rings is 2. The van der Waals surface area contributed by atoms with Gasteiger partial charge in [0.2, 0.25) is 0 Å². The topological polar surface area (TPSA) is 48.3 Å². The number of fused-ring (bicyclic) bond motifs is 1. The fraction of sp³-hybridized carbons (Fsp3) is 0.211. The summed E-state index contributed by atoms with van der Waals surface area (Å²) in [6.45, 7) is 0.880. The average Bonchev–Trinajstić information content (AvgIpc) is 3.24. The molecule has 2 heterocycles. The third kappa shape index (κ3) is 2.61. The van der Waals surface area contributed by atoms with Crippen LogP contribution >= 0.6 is 11.6 Å². The Morgan fingerprint density at radius 1 is 1.04 bits per heavy atom. The summed E-state index contributed by atoms with van der Waals surface area (Å²) in [5.74, 6) is 2.50. The van der Waals surface area contributed by atoms with Gasteiger partial charge in [-0.2, -0.15) is 5.10 Å². The molecule has 1 aliphatic rings. The molecule has 0 atom stereocenters. The third-order valence-corrected chi connectivity index (χ3v) is 4.64. The van der Waals surface area contributed by atoms with Crippen LogP contribution in [0, 0.1) is 0 Å². The number of hydrogen-bond acceptors (Lipinski definition) is 4. The highest BCUT2D eigenvalue weighted by Gasteiger charge is 2.27. The SMILES string of the molecule is COc1cccc(OC)c1-c1nn(-c2ccc(Cl)cc2)c2c1CCN2. The first-order valence-corrected chi connectivity index (χ1v) is 8.44. The predicted molar refractivity (Wildman–Crippen MR) is 99.3 cm³/mol. The van der Waals surface area contributed by atoms with Crippen LogP contribution in [-0.4, -0.2) is 30.5 Å². The summed E-state index contributed by atoms with van der Waals surface area (Å²) >= 11 is 6.02. The lowest BCUT2D eigenvalue weighted by Crippen LogP contribution is -2.04.